The van der Waals surface area contributed by atoms with Crippen LogP contribution in [0.25, 0.3) is 0 Å². The van der Waals surface area contributed by atoms with Crippen LogP contribution in [0.4, 0.5) is 0 Å². The van der Waals surface area contributed by atoms with Crippen LogP contribution in [-0.4, -0.2) is 29.8 Å². The number of aliphatic hydroxyl groups is 1. The maximum Gasteiger partial charge on any atom is 0.292 e. The first kappa shape index (κ1) is 9.83. The second-order valence-electron chi connectivity index (χ2n) is 1.82. The van der Waals surface area contributed by atoms with Crippen LogP contribution < -0.4 is 0 Å². The van der Waals surface area contributed by atoms with Crippen molar-refractivity contribution in [2.24, 2.45) is 0 Å². The predicted octanol–water partition coefficient (Wildman–Crippen LogP) is -0.425. The van der Waals surface area contributed by atoms with E-state index in [9.17, 15) is 8.42 Å². The Labute approximate surface area is 59.4 Å². The van der Waals surface area contributed by atoms with Crippen LogP contribution in [0.5, 0.6) is 0 Å². The number of rotatable bonds is 3. The zero-order valence-electron chi connectivity index (χ0n) is 5.68. The van der Waals surface area contributed by atoms with Crippen molar-refractivity contribution in [1.82, 2.24) is 0 Å². The van der Waals surface area contributed by atoms with Crippen molar-refractivity contribution in [3.05, 3.63) is 0 Å². The van der Waals surface area contributed by atoms with Crippen molar-refractivity contribution in [1.29, 1.82) is 0 Å². The molecule has 2 atom stereocenters. The Morgan fingerprint density at radius 2 is 1.80 bits per heavy atom. The minimum atomic E-state index is -4.18. The van der Waals surface area contributed by atoms with Crippen LogP contribution in [0.3, 0.4) is 0 Å². The number of aliphatic hydroxyl groups excluding tert-OH is 1. The summed E-state index contributed by atoms with van der Waals surface area (Å²) in [6, 6.07) is 0. The van der Waals surface area contributed by atoms with Gasteiger partial charge in [-0.25, -0.2) is 0 Å². The van der Waals surface area contributed by atoms with Crippen LogP contribution in [0, 0.1) is 0 Å². The average molecular weight is 170 g/mol. The Morgan fingerprint density at radius 3 is 1.90 bits per heavy atom. The normalized spacial score (nSPS) is 18.4. The van der Waals surface area contributed by atoms with Crippen molar-refractivity contribution in [3.63, 3.8) is 0 Å². The molecule has 62 valence electrons. The minimum absolute atomic E-state index is 1.13. The Balaban J connectivity index is 3.99. The van der Waals surface area contributed by atoms with Crippen molar-refractivity contribution >= 4 is 10.1 Å². The molecule has 0 heterocycles. The Kier molecular flexibility index (Phi) is 3.23. The molecule has 0 rings (SSSR count). The van der Waals surface area contributed by atoms with Gasteiger partial charge in [0, 0.05) is 0 Å². The molecule has 0 radical (unpaired) electrons. The highest BCUT2D eigenvalue weighted by Gasteiger charge is 2.18. The lowest BCUT2D eigenvalue weighted by molar-refractivity contribution is -0.0955. The van der Waals surface area contributed by atoms with Gasteiger partial charge in [-0.2, -0.15) is 8.42 Å². The zero-order valence-corrected chi connectivity index (χ0v) is 6.50. The summed E-state index contributed by atoms with van der Waals surface area (Å²) in [5, 5.41) is 8.49. The van der Waals surface area contributed by atoms with Crippen LogP contribution in [0.2, 0.25) is 0 Å². The van der Waals surface area contributed by atoms with Gasteiger partial charge < -0.3 is 9.84 Å². The molecule has 0 saturated heterocycles. The van der Waals surface area contributed by atoms with Crippen molar-refractivity contribution < 1.29 is 22.8 Å². The molecule has 6 heteroatoms. The van der Waals surface area contributed by atoms with Gasteiger partial charge in [0.05, 0.1) is 0 Å². The summed E-state index contributed by atoms with van der Waals surface area (Å²) in [5.74, 6) is 0. The van der Waals surface area contributed by atoms with Gasteiger partial charge in [-0.1, -0.05) is 0 Å². The number of hydrogen-bond acceptors (Lipinski definition) is 4. The fourth-order valence-electron chi connectivity index (χ4n) is 0.348. The minimum Gasteiger partial charge on any atom is -0.368 e. The molecule has 0 fully saturated rings. The molecule has 0 amide bonds. The molecular formula is C4H10O5S. The summed E-state index contributed by atoms with van der Waals surface area (Å²) in [6.45, 7) is 2.38. The molecule has 0 saturated carbocycles. The molecular weight excluding hydrogens is 160 g/mol. The van der Waals surface area contributed by atoms with Crippen molar-refractivity contribution in [2.45, 2.75) is 25.6 Å². The van der Waals surface area contributed by atoms with Crippen LogP contribution in [0.15, 0.2) is 0 Å². The highest BCUT2D eigenvalue weighted by Crippen LogP contribution is 2.01. The summed E-state index contributed by atoms with van der Waals surface area (Å²) in [4.78, 5) is 0. The molecule has 0 aromatic rings. The maximum absolute atomic E-state index is 10.2. The summed E-state index contributed by atoms with van der Waals surface area (Å²) >= 11 is 0. The quantitative estimate of drug-likeness (QED) is 0.443. The van der Waals surface area contributed by atoms with E-state index in [0.29, 0.717) is 0 Å². The van der Waals surface area contributed by atoms with Crippen LogP contribution >= 0.6 is 0 Å². The van der Waals surface area contributed by atoms with E-state index < -0.39 is 21.8 Å². The number of hydrogen-bond donors (Lipinski definition) is 2. The molecule has 0 spiro atoms. The first-order valence-electron chi connectivity index (χ1n) is 2.64. The van der Waals surface area contributed by atoms with Gasteiger partial charge in [-0.15, -0.1) is 0 Å². The van der Waals surface area contributed by atoms with Gasteiger partial charge in [0.25, 0.3) is 10.1 Å². The smallest absolute Gasteiger partial charge is 0.292 e. The van der Waals surface area contributed by atoms with E-state index in [0.717, 1.165) is 6.92 Å². The largest absolute Gasteiger partial charge is 0.368 e. The van der Waals surface area contributed by atoms with E-state index in [1.807, 2.05) is 0 Å². The molecule has 0 aromatic carbocycles. The van der Waals surface area contributed by atoms with E-state index in [1.54, 1.807) is 0 Å². The van der Waals surface area contributed by atoms with Gasteiger partial charge in [-0.3, -0.25) is 4.55 Å². The van der Waals surface area contributed by atoms with E-state index in [4.69, 9.17) is 9.66 Å². The summed E-state index contributed by atoms with van der Waals surface area (Å²) in [7, 11) is -4.18. The Bertz CT molecular complexity index is 182. The van der Waals surface area contributed by atoms with Gasteiger partial charge >= 0.3 is 0 Å². The highest BCUT2D eigenvalue weighted by atomic mass is 32.2. The van der Waals surface area contributed by atoms with E-state index in [-0.39, 0.29) is 0 Å². The highest BCUT2D eigenvalue weighted by molar-refractivity contribution is 7.86. The van der Waals surface area contributed by atoms with Gasteiger partial charge in [0.15, 0.2) is 11.7 Å². The monoisotopic (exact) mass is 170 g/mol. The molecule has 0 aliphatic carbocycles. The predicted molar refractivity (Wildman–Crippen MR) is 33.8 cm³/mol. The van der Waals surface area contributed by atoms with Crippen LogP contribution in [-0.2, 0) is 14.9 Å². The third-order valence-electron chi connectivity index (χ3n) is 0.808. The lowest BCUT2D eigenvalue weighted by Crippen LogP contribution is -2.24. The molecule has 0 bridgehead atoms. The maximum atomic E-state index is 10.2. The second kappa shape index (κ2) is 3.29. The van der Waals surface area contributed by atoms with Crippen LogP contribution in [0.1, 0.15) is 13.8 Å². The second-order valence-corrected chi connectivity index (χ2v) is 3.51. The fraction of sp³-hybridized carbons (Fsp3) is 1.00. The van der Waals surface area contributed by atoms with Gasteiger partial charge in [0.2, 0.25) is 0 Å². The molecule has 5 nitrogen and oxygen atoms in total. The third-order valence-corrected chi connectivity index (χ3v) is 1.76. The standard InChI is InChI=1S/C4H10O5S/c1-3(5)9-4(2)10(6,7)8/h3-5H,1-2H3,(H,6,7,8). The van der Waals surface area contributed by atoms with E-state index >= 15 is 0 Å². The van der Waals surface area contributed by atoms with E-state index in [2.05, 4.69) is 4.74 Å². The number of ether oxygens (including phenoxy) is 1. The van der Waals surface area contributed by atoms with Gasteiger partial charge in [-0.05, 0) is 13.8 Å². The summed E-state index contributed by atoms with van der Waals surface area (Å²) in [6.07, 6.45) is -1.20. The lowest BCUT2D eigenvalue weighted by atomic mass is 10.7. The molecule has 0 aliphatic rings. The molecule has 10 heavy (non-hydrogen) atoms. The Hall–Kier alpha value is -0.170. The zero-order chi connectivity index (χ0) is 8.36. The molecule has 2 unspecified atom stereocenters. The third kappa shape index (κ3) is 3.78. The van der Waals surface area contributed by atoms with E-state index in [1.165, 1.54) is 6.92 Å². The molecule has 2 N–H and O–H groups in total. The van der Waals surface area contributed by atoms with Crippen molar-refractivity contribution in [2.75, 3.05) is 0 Å². The first-order chi connectivity index (χ1) is 4.34. The summed E-state index contributed by atoms with van der Waals surface area (Å²) < 4.78 is 33.0. The SMILES string of the molecule is CC(O)OC(C)S(=O)(=O)O. The average Bonchev–Trinajstić information content (AvgIpc) is 1.60. The molecule has 0 aromatic heterocycles. The summed E-state index contributed by atoms with van der Waals surface area (Å²) in [5.41, 5.74) is -1.38. The first-order valence-corrected chi connectivity index (χ1v) is 4.14. The van der Waals surface area contributed by atoms with Gasteiger partial charge in [0.1, 0.15) is 0 Å². The topological polar surface area (TPSA) is 83.8 Å². The van der Waals surface area contributed by atoms with Crippen molar-refractivity contribution in [3.8, 4) is 0 Å². The molecule has 0 aliphatic heterocycles. The lowest BCUT2D eigenvalue weighted by Gasteiger charge is -2.11. The fourth-order valence-corrected chi connectivity index (χ4v) is 0.649. The Morgan fingerprint density at radius 1 is 1.40 bits per heavy atom.